The Labute approximate surface area is 88.0 Å². The molecule has 16 heavy (non-hydrogen) atoms. The van der Waals surface area contributed by atoms with Gasteiger partial charge < -0.3 is 5.11 Å². The second-order valence-electron chi connectivity index (χ2n) is 2.84. The molecule has 0 aromatic carbocycles. The van der Waals surface area contributed by atoms with Gasteiger partial charge in [0.15, 0.2) is 0 Å². The molecule has 1 rings (SSSR count). The van der Waals surface area contributed by atoms with E-state index in [-0.39, 0.29) is 0 Å². The second-order valence-corrected chi connectivity index (χ2v) is 2.84. The van der Waals surface area contributed by atoms with Crippen molar-refractivity contribution in [1.29, 1.82) is 5.26 Å². The van der Waals surface area contributed by atoms with Gasteiger partial charge in [-0.1, -0.05) is 0 Å². The average Bonchev–Trinajstić information content (AvgIpc) is 2.16. The van der Waals surface area contributed by atoms with Gasteiger partial charge in [0.25, 0.3) is 6.43 Å². The Kier molecular flexibility index (Phi) is 3.45. The molecule has 0 saturated heterocycles. The van der Waals surface area contributed by atoms with Crippen LogP contribution in [0.4, 0.5) is 13.2 Å². The highest BCUT2D eigenvalue weighted by Crippen LogP contribution is 2.26. The average molecular weight is 230 g/mol. The number of rotatable bonds is 3. The fourth-order valence-corrected chi connectivity index (χ4v) is 1.18. The molecule has 0 aliphatic heterocycles. The number of aliphatic carboxylic acids is 1. The predicted molar refractivity (Wildman–Crippen MR) is 45.2 cm³/mol. The molecule has 0 aliphatic carbocycles. The van der Waals surface area contributed by atoms with Crippen LogP contribution in [0.15, 0.2) is 6.20 Å². The van der Waals surface area contributed by atoms with Gasteiger partial charge in [-0.15, -0.1) is 0 Å². The standard InChI is InChI=1S/C9H5F3N2O2/c10-8(11)6-3-14-9(12)5(2-13)4(6)1-7(15)16/h3,8H,1H2,(H,15,16). The Hall–Kier alpha value is -2.10. The quantitative estimate of drug-likeness (QED) is 0.801. The second kappa shape index (κ2) is 4.61. The van der Waals surface area contributed by atoms with E-state index < -0.39 is 41.5 Å². The van der Waals surface area contributed by atoms with E-state index in [1.165, 1.54) is 6.07 Å². The van der Waals surface area contributed by atoms with E-state index in [1.54, 1.807) is 0 Å². The zero-order chi connectivity index (χ0) is 12.3. The van der Waals surface area contributed by atoms with Crippen LogP contribution in [0.5, 0.6) is 0 Å². The Bertz CT molecular complexity index is 469. The van der Waals surface area contributed by atoms with Crippen LogP contribution in [0.3, 0.4) is 0 Å². The van der Waals surface area contributed by atoms with E-state index in [2.05, 4.69) is 4.98 Å². The number of carboxylic acid groups (broad SMARTS) is 1. The van der Waals surface area contributed by atoms with Gasteiger partial charge in [-0.2, -0.15) is 9.65 Å². The van der Waals surface area contributed by atoms with Gasteiger partial charge in [-0.3, -0.25) is 4.79 Å². The zero-order valence-electron chi connectivity index (χ0n) is 7.75. The van der Waals surface area contributed by atoms with Gasteiger partial charge in [-0.05, 0) is 5.56 Å². The molecule has 1 N–H and O–H groups in total. The van der Waals surface area contributed by atoms with Crippen LogP contribution in [0, 0.1) is 17.3 Å². The molecule has 1 aromatic heterocycles. The third-order valence-electron chi connectivity index (χ3n) is 1.85. The number of nitriles is 1. The maximum absolute atomic E-state index is 13.0. The number of halogens is 3. The van der Waals surface area contributed by atoms with Gasteiger partial charge in [-0.25, -0.2) is 13.8 Å². The van der Waals surface area contributed by atoms with E-state index >= 15 is 0 Å². The van der Waals surface area contributed by atoms with E-state index in [0.717, 1.165) is 0 Å². The monoisotopic (exact) mass is 230 g/mol. The summed E-state index contributed by atoms with van der Waals surface area (Å²) < 4.78 is 37.9. The smallest absolute Gasteiger partial charge is 0.307 e. The summed E-state index contributed by atoms with van der Waals surface area (Å²) in [5.41, 5.74) is -2.02. The number of hydrogen-bond acceptors (Lipinski definition) is 3. The van der Waals surface area contributed by atoms with Crippen molar-refractivity contribution in [3.63, 3.8) is 0 Å². The third kappa shape index (κ3) is 2.28. The molecule has 0 fully saturated rings. The van der Waals surface area contributed by atoms with E-state index in [1.807, 2.05) is 0 Å². The SMILES string of the molecule is N#Cc1c(F)ncc(C(F)F)c1CC(=O)O. The number of carboxylic acids is 1. The molecule has 0 bridgehead atoms. The largest absolute Gasteiger partial charge is 0.481 e. The molecule has 84 valence electrons. The minimum absolute atomic E-state index is 0.530. The molecule has 0 amide bonds. The van der Waals surface area contributed by atoms with Gasteiger partial charge in [0.2, 0.25) is 5.95 Å². The highest BCUT2D eigenvalue weighted by Gasteiger charge is 2.22. The minimum atomic E-state index is -3.01. The molecule has 0 aliphatic rings. The molecule has 0 radical (unpaired) electrons. The highest BCUT2D eigenvalue weighted by atomic mass is 19.3. The lowest BCUT2D eigenvalue weighted by Crippen LogP contribution is -2.09. The summed E-state index contributed by atoms with van der Waals surface area (Å²) in [7, 11) is 0. The van der Waals surface area contributed by atoms with Crippen LogP contribution in [0.25, 0.3) is 0 Å². The number of pyridine rings is 1. The molecule has 7 heteroatoms. The summed E-state index contributed by atoms with van der Waals surface area (Å²) in [6, 6.07) is 1.33. The predicted octanol–water partition coefficient (Wildman–Crippen LogP) is 1.66. The number of hydrogen-bond donors (Lipinski definition) is 1. The number of alkyl halides is 2. The summed E-state index contributed by atoms with van der Waals surface area (Å²) >= 11 is 0. The lowest BCUT2D eigenvalue weighted by Gasteiger charge is -2.08. The fourth-order valence-electron chi connectivity index (χ4n) is 1.18. The molecule has 0 atom stereocenters. The van der Waals surface area contributed by atoms with Crippen molar-refractivity contribution in [2.24, 2.45) is 0 Å². The Morgan fingerprint density at radius 3 is 2.69 bits per heavy atom. The molecular weight excluding hydrogens is 225 g/mol. The normalized spacial score (nSPS) is 10.2. The van der Waals surface area contributed by atoms with Crippen molar-refractivity contribution in [3.8, 4) is 6.07 Å². The maximum Gasteiger partial charge on any atom is 0.307 e. The van der Waals surface area contributed by atoms with Crippen LogP contribution in [0.2, 0.25) is 0 Å². The summed E-state index contributed by atoms with van der Waals surface area (Å²) in [6.45, 7) is 0. The Morgan fingerprint density at radius 1 is 1.62 bits per heavy atom. The van der Waals surface area contributed by atoms with Gasteiger partial charge in [0.1, 0.15) is 11.6 Å². The van der Waals surface area contributed by atoms with Gasteiger partial charge in [0, 0.05) is 11.8 Å². The van der Waals surface area contributed by atoms with Crippen molar-refractivity contribution in [2.45, 2.75) is 12.8 Å². The maximum atomic E-state index is 13.0. The van der Waals surface area contributed by atoms with E-state index in [4.69, 9.17) is 10.4 Å². The molecule has 4 nitrogen and oxygen atoms in total. The van der Waals surface area contributed by atoms with Crippen molar-refractivity contribution < 1.29 is 23.1 Å². The van der Waals surface area contributed by atoms with Crippen LogP contribution in [-0.4, -0.2) is 16.1 Å². The van der Waals surface area contributed by atoms with Gasteiger partial charge >= 0.3 is 5.97 Å². The lowest BCUT2D eigenvalue weighted by molar-refractivity contribution is -0.136. The topological polar surface area (TPSA) is 74.0 Å². The molecule has 1 heterocycles. The van der Waals surface area contributed by atoms with Crippen LogP contribution < -0.4 is 0 Å². The summed E-state index contributed by atoms with van der Waals surface area (Å²) in [6.07, 6.45) is -3.31. The summed E-state index contributed by atoms with van der Waals surface area (Å²) in [4.78, 5) is 13.4. The van der Waals surface area contributed by atoms with Crippen molar-refractivity contribution in [2.75, 3.05) is 0 Å². The summed E-state index contributed by atoms with van der Waals surface area (Å²) in [5, 5.41) is 17.0. The zero-order valence-corrected chi connectivity index (χ0v) is 7.75. The van der Waals surface area contributed by atoms with Crippen LogP contribution >= 0.6 is 0 Å². The first-order valence-electron chi connectivity index (χ1n) is 4.04. The first-order chi connectivity index (χ1) is 7.47. The Morgan fingerprint density at radius 2 is 2.25 bits per heavy atom. The molecule has 0 spiro atoms. The lowest BCUT2D eigenvalue weighted by atomic mass is 10.0. The molecule has 1 aromatic rings. The van der Waals surface area contributed by atoms with E-state index in [9.17, 15) is 18.0 Å². The molecule has 0 unspecified atom stereocenters. The first kappa shape index (κ1) is 12.0. The number of aromatic nitrogens is 1. The van der Waals surface area contributed by atoms with Gasteiger partial charge in [0.05, 0.1) is 6.42 Å². The third-order valence-corrected chi connectivity index (χ3v) is 1.85. The molecule has 0 saturated carbocycles. The number of nitrogens with zero attached hydrogens (tertiary/aromatic N) is 2. The van der Waals surface area contributed by atoms with Crippen LogP contribution in [-0.2, 0) is 11.2 Å². The van der Waals surface area contributed by atoms with Crippen LogP contribution in [0.1, 0.15) is 23.1 Å². The van der Waals surface area contributed by atoms with E-state index in [0.29, 0.717) is 6.20 Å². The number of carbonyl (C=O) groups is 1. The minimum Gasteiger partial charge on any atom is -0.481 e. The summed E-state index contributed by atoms with van der Waals surface area (Å²) in [5.74, 6) is -2.67. The molecular formula is C9H5F3N2O2. The highest BCUT2D eigenvalue weighted by molar-refractivity contribution is 5.72. The van der Waals surface area contributed by atoms with Crippen molar-refractivity contribution in [3.05, 3.63) is 28.8 Å². The first-order valence-corrected chi connectivity index (χ1v) is 4.04. The Balaban J connectivity index is 3.42. The fraction of sp³-hybridized carbons (Fsp3) is 0.222. The van der Waals surface area contributed by atoms with Crippen molar-refractivity contribution in [1.82, 2.24) is 4.98 Å². The van der Waals surface area contributed by atoms with Crippen molar-refractivity contribution >= 4 is 5.97 Å².